The van der Waals surface area contributed by atoms with E-state index in [-0.39, 0.29) is 27.5 Å². The number of aromatic nitrogens is 4. The number of benzene rings is 2. The summed E-state index contributed by atoms with van der Waals surface area (Å²) in [6.45, 7) is -0.431. The van der Waals surface area contributed by atoms with Crippen LogP contribution in [0.5, 0.6) is 5.88 Å². The average Bonchev–Trinajstić information content (AvgIpc) is 3.30. The molecule has 0 bridgehead atoms. The monoisotopic (exact) mass is 493 g/mol. The van der Waals surface area contributed by atoms with E-state index in [1.54, 1.807) is 30.3 Å². The molecule has 8 nitrogen and oxygen atoms in total. The van der Waals surface area contributed by atoms with E-state index >= 15 is 0 Å². The van der Waals surface area contributed by atoms with Gasteiger partial charge >= 0.3 is 5.69 Å². The standard InChI is InChI=1S/C24H17F2N5O3S/c1-34-21-10-9-20(28-29-21)31-22(32)15-11-19(13-5-7-14(27)8-6-13)35-23(15)30(24(31)33)12-16-17(25)3-2-4-18(16)26/h2-11H,12,27H2,1H3. The van der Waals surface area contributed by atoms with Crippen molar-refractivity contribution in [3.63, 3.8) is 0 Å². The summed E-state index contributed by atoms with van der Waals surface area (Å²) in [5.74, 6) is -1.46. The summed E-state index contributed by atoms with van der Waals surface area (Å²) in [5, 5.41) is 7.94. The molecule has 0 saturated carbocycles. The summed E-state index contributed by atoms with van der Waals surface area (Å²) in [4.78, 5) is 27.9. The van der Waals surface area contributed by atoms with Gasteiger partial charge in [-0.1, -0.05) is 18.2 Å². The van der Waals surface area contributed by atoms with Crippen LogP contribution in [0.25, 0.3) is 26.5 Å². The van der Waals surface area contributed by atoms with Crippen LogP contribution < -0.4 is 21.7 Å². The van der Waals surface area contributed by atoms with Gasteiger partial charge in [0.15, 0.2) is 5.82 Å². The molecule has 5 rings (SSSR count). The van der Waals surface area contributed by atoms with Gasteiger partial charge in [0.25, 0.3) is 5.56 Å². The lowest BCUT2D eigenvalue weighted by Gasteiger charge is -2.12. The van der Waals surface area contributed by atoms with Gasteiger partial charge in [0.2, 0.25) is 5.88 Å². The summed E-state index contributed by atoms with van der Waals surface area (Å²) in [7, 11) is 1.40. The van der Waals surface area contributed by atoms with Crippen LogP contribution in [-0.2, 0) is 6.54 Å². The first-order chi connectivity index (χ1) is 16.9. The molecular formula is C24H17F2N5O3S. The summed E-state index contributed by atoms with van der Waals surface area (Å²) in [5.41, 5.74) is 5.38. The number of nitrogen functional groups attached to an aromatic ring is 1. The maximum absolute atomic E-state index is 14.5. The van der Waals surface area contributed by atoms with Crippen LogP contribution in [0.4, 0.5) is 14.5 Å². The zero-order chi connectivity index (χ0) is 24.7. The highest BCUT2D eigenvalue weighted by Gasteiger charge is 2.21. The Kier molecular flexibility index (Phi) is 5.61. The van der Waals surface area contributed by atoms with Gasteiger partial charge in [0.05, 0.1) is 19.0 Å². The van der Waals surface area contributed by atoms with E-state index in [4.69, 9.17) is 10.5 Å². The zero-order valence-corrected chi connectivity index (χ0v) is 19.1. The van der Waals surface area contributed by atoms with Crippen molar-refractivity contribution in [3.8, 4) is 22.1 Å². The van der Waals surface area contributed by atoms with E-state index in [1.807, 2.05) is 0 Å². The number of ether oxygens (including phenoxy) is 1. The molecule has 3 aromatic heterocycles. The van der Waals surface area contributed by atoms with Gasteiger partial charge < -0.3 is 10.5 Å². The molecule has 0 radical (unpaired) electrons. The Morgan fingerprint density at radius 2 is 1.71 bits per heavy atom. The highest BCUT2D eigenvalue weighted by atomic mass is 32.1. The third-order valence-electron chi connectivity index (χ3n) is 5.45. The maximum atomic E-state index is 14.5. The maximum Gasteiger partial charge on any atom is 0.338 e. The Labute approximate surface area is 200 Å². The topological polar surface area (TPSA) is 105 Å². The van der Waals surface area contributed by atoms with Crippen molar-refractivity contribution in [3.05, 3.63) is 98.7 Å². The van der Waals surface area contributed by atoms with Crippen molar-refractivity contribution in [2.75, 3.05) is 12.8 Å². The molecule has 0 aliphatic carbocycles. The first-order valence-electron chi connectivity index (χ1n) is 10.3. The fourth-order valence-corrected chi connectivity index (χ4v) is 4.81. The molecule has 0 saturated heterocycles. The van der Waals surface area contributed by atoms with E-state index in [1.165, 1.54) is 25.3 Å². The summed E-state index contributed by atoms with van der Waals surface area (Å²) >= 11 is 1.16. The minimum atomic E-state index is -0.810. The zero-order valence-electron chi connectivity index (χ0n) is 18.2. The molecule has 11 heteroatoms. The van der Waals surface area contributed by atoms with Crippen LogP contribution in [0.15, 0.2) is 70.3 Å². The van der Waals surface area contributed by atoms with E-state index < -0.39 is 29.4 Å². The minimum Gasteiger partial charge on any atom is -0.480 e. The van der Waals surface area contributed by atoms with Gasteiger partial charge in [0, 0.05) is 22.2 Å². The highest BCUT2D eigenvalue weighted by Crippen LogP contribution is 2.32. The number of halogens is 2. The van der Waals surface area contributed by atoms with Crippen LogP contribution in [0.3, 0.4) is 0 Å². The van der Waals surface area contributed by atoms with Crippen LogP contribution in [0.1, 0.15) is 5.56 Å². The van der Waals surface area contributed by atoms with E-state index in [0.29, 0.717) is 10.6 Å². The molecule has 0 aliphatic rings. The molecule has 3 heterocycles. The van der Waals surface area contributed by atoms with Crippen LogP contribution >= 0.6 is 11.3 Å². The van der Waals surface area contributed by atoms with Crippen molar-refractivity contribution < 1.29 is 13.5 Å². The van der Waals surface area contributed by atoms with E-state index in [0.717, 1.165) is 38.2 Å². The number of fused-ring (bicyclic) bond motifs is 1. The molecule has 5 aromatic rings. The Balaban J connectivity index is 1.80. The number of nitrogens with zero attached hydrogens (tertiary/aromatic N) is 4. The predicted molar refractivity (Wildman–Crippen MR) is 129 cm³/mol. The minimum absolute atomic E-state index is 0.0503. The van der Waals surface area contributed by atoms with Crippen molar-refractivity contribution in [2.45, 2.75) is 6.54 Å². The van der Waals surface area contributed by atoms with Crippen molar-refractivity contribution in [1.29, 1.82) is 0 Å². The van der Waals surface area contributed by atoms with E-state index in [9.17, 15) is 18.4 Å². The fourth-order valence-electron chi connectivity index (χ4n) is 3.66. The summed E-state index contributed by atoms with van der Waals surface area (Å²) in [6.07, 6.45) is 0. The molecule has 0 aliphatic heterocycles. The second-order valence-corrected chi connectivity index (χ2v) is 8.63. The first kappa shape index (κ1) is 22.4. The Bertz CT molecular complexity index is 1660. The molecule has 0 spiro atoms. The van der Waals surface area contributed by atoms with Crippen LogP contribution in [0, 0.1) is 11.6 Å². The molecule has 2 N–H and O–H groups in total. The van der Waals surface area contributed by atoms with Gasteiger partial charge in [-0.15, -0.1) is 21.5 Å². The number of anilines is 1. The SMILES string of the molecule is COc1ccc(-n2c(=O)c3cc(-c4ccc(N)cc4)sc3n(Cc3c(F)cccc3F)c2=O)nn1. The lowest BCUT2D eigenvalue weighted by Crippen LogP contribution is -2.39. The number of hydrogen-bond donors (Lipinski definition) is 1. The summed E-state index contributed by atoms with van der Waals surface area (Å²) in [6, 6.07) is 15.0. The molecule has 0 fully saturated rings. The second-order valence-electron chi connectivity index (χ2n) is 7.59. The Morgan fingerprint density at radius 1 is 1.00 bits per heavy atom. The molecule has 0 amide bonds. The van der Waals surface area contributed by atoms with Crippen LogP contribution in [0.2, 0.25) is 0 Å². The van der Waals surface area contributed by atoms with Gasteiger partial charge in [-0.25, -0.2) is 18.1 Å². The number of hydrogen-bond acceptors (Lipinski definition) is 7. The number of methoxy groups -OCH3 is 1. The molecule has 176 valence electrons. The molecule has 0 atom stereocenters. The van der Waals surface area contributed by atoms with Gasteiger partial charge in [-0.05, 0) is 42.0 Å². The molecular weight excluding hydrogens is 476 g/mol. The second kappa shape index (κ2) is 8.76. The van der Waals surface area contributed by atoms with Gasteiger partial charge in [-0.2, -0.15) is 0 Å². The third kappa shape index (κ3) is 3.95. The smallest absolute Gasteiger partial charge is 0.338 e. The van der Waals surface area contributed by atoms with E-state index in [2.05, 4.69) is 10.2 Å². The number of nitrogens with two attached hydrogens (primary N) is 1. The van der Waals surface area contributed by atoms with Gasteiger partial charge in [0.1, 0.15) is 16.5 Å². The quantitative estimate of drug-likeness (QED) is 0.375. The van der Waals surface area contributed by atoms with Crippen molar-refractivity contribution in [1.82, 2.24) is 19.3 Å². The normalized spacial score (nSPS) is 11.2. The number of rotatable bonds is 5. The first-order valence-corrected chi connectivity index (χ1v) is 11.2. The molecule has 2 aromatic carbocycles. The fraction of sp³-hybridized carbons (Fsp3) is 0.0833. The van der Waals surface area contributed by atoms with Crippen molar-refractivity contribution in [2.24, 2.45) is 0 Å². The van der Waals surface area contributed by atoms with Crippen molar-refractivity contribution >= 4 is 27.2 Å². The Morgan fingerprint density at radius 3 is 2.34 bits per heavy atom. The Hall–Kier alpha value is -4.38. The lowest BCUT2D eigenvalue weighted by molar-refractivity contribution is 0.391. The largest absolute Gasteiger partial charge is 0.480 e. The highest BCUT2D eigenvalue weighted by molar-refractivity contribution is 7.21. The lowest BCUT2D eigenvalue weighted by atomic mass is 10.1. The molecule has 0 unspecified atom stereocenters. The predicted octanol–water partition coefficient (Wildman–Crippen LogP) is 3.59. The third-order valence-corrected chi connectivity index (χ3v) is 6.66. The molecule has 35 heavy (non-hydrogen) atoms. The number of thiophene rings is 1. The summed E-state index contributed by atoms with van der Waals surface area (Å²) < 4.78 is 36.0. The van der Waals surface area contributed by atoms with Gasteiger partial charge in [-0.3, -0.25) is 9.36 Å². The average molecular weight is 493 g/mol. The van der Waals surface area contributed by atoms with Crippen LogP contribution in [-0.4, -0.2) is 26.4 Å².